The second-order valence-electron chi connectivity index (χ2n) is 8.80. The molecule has 0 spiro atoms. The van der Waals surface area contributed by atoms with Crippen LogP contribution in [0.3, 0.4) is 0 Å². The number of nitrogens with one attached hydrogen (secondary N) is 1. The highest BCUT2D eigenvalue weighted by Crippen LogP contribution is 2.32. The highest BCUT2D eigenvalue weighted by molar-refractivity contribution is 5.93. The molecule has 9 heteroatoms. The second kappa shape index (κ2) is 10.2. The third-order valence-corrected chi connectivity index (χ3v) is 6.56. The maximum absolute atomic E-state index is 13.1. The Morgan fingerprint density at radius 3 is 2.28 bits per heavy atom. The van der Waals surface area contributed by atoms with Crippen molar-refractivity contribution >= 4 is 28.7 Å². The van der Waals surface area contributed by atoms with Gasteiger partial charge >= 0.3 is 6.03 Å². The maximum Gasteiger partial charge on any atom is 0.321 e. The number of nitrogens with zero attached hydrogens (tertiary/aromatic N) is 4. The first kappa shape index (κ1) is 23.6. The molecule has 0 bridgehead atoms. The Hall–Kier alpha value is -4.14. The number of fused-ring (bicyclic) bond motifs is 1. The van der Waals surface area contributed by atoms with Crippen molar-refractivity contribution in [3.05, 3.63) is 55.0 Å². The molecular formula is C27H29N5O4. The molecule has 1 N–H and O–H groups in total. The Kier molecular flexibility index (Phi) is 6.71. The first-order chi connectivity index (χ1) is 17.6. The van der Waals surface area contributed by atoms with Crippen molar-refractivity contribution in [2.75, 3.05) is 31.5 Å². The minimum Gasteiger partial charge on any atom is -0.463 e. The third kappa shape index (κ3) is 4.68. The molecule has 3 amide bonds. The highest BCUT2D eigenvalue weighted by atomic mass is 16.3. The van der Waals surface area contributed by atoms with Gasteiger partial charge in [0.05, 0.1) is 29.5 Å². The van der Waals surface area contributed by atoms with Gasteiger partial charge in [-0.15, -0.1) is 0 Å². The van der Waals surface area contributed by atoms with E-state index in [1.807, 2.05) is 36.9 Å². The van der Waals surface area contributed by atoms with E-state index in [0.29, 0.717) is 65.8 Å². The number of hydrogen-bond donors (Lipinski definition) is 1. The topological polar surface area (TPSA) is 105 Å². The number of benzene rings is 1. The van der Waals surface area contributed by atoms with E-state index in [0.717, 1.165) is 12.8 Å². The molecule has 1 saturated heterocycles. The van der Waals surface area contributed by atoms with Crippen LogP contribution in [-0.4, -0.2) is 57.9 Å². The number of furan rings is 2. The zero-order valence-corrected chi connectivity index (χ0v) is 20.4. The monoisotopic (exact) mass is 487 g/mol. The highest BCUT2D eigenvalue weighted by Gasteiger charge is 2.30. The smallest absolute Gasteiger partial charge is 0.321 e. The average Bonchev–Trinajstić information content (AvgIpc) is 3.63. The van der Waals surface area contributed by atoms with Gasteiger partial charge in [-0.05, 0) is 69.2 Å². The number of carbonyl (C=O) groups excluding carboxylic acids is 2. The average molecular weight is 488 g/mol. The summed E-state index contributed by atoms with van der Waals surface area (Å²) in [4.78, 5) is 39.0. The lowest BCUT2D eigenvalue weighted by Gasteiger charge is -2.34. The van der Waals surface area contributed by atoms with Gasteiger partial charge in [0.25, 0.3) is 0 Å². The molecule has 5 rings (SSSR count). The summed E-state index contributed by atoms with van der Waals surface area (Å²) >= 11 is 0. The molecule has 0 unspecified atom stereocenters. The Morgan fingerprint density at radius 1 is 1.00 bits per heavy atom. The van der Waals surface area contributed by atoms with E-state index in [1.165, 1.54) is 0 Å². The lowest BCUT2D eigenvalue weighted by molar-refractivity contribution is -0.136. The summed E-state index contributed by atoms with van der Waals surface area (Å²) in [5, 5.41) is 2.97. The van der Waals surface area contributed by atoms with Crippen molar-refractivity contribution in [1.82, 2.24) is 19.8 Å². The molecule has 0 saturated carbocycles. The Bertz CT molecular complexity index is 1350. The standard InChI is InChI=1S/C27H29N5O4/c1-3-31(4-2)26(33)18-8-5-13-32(17-18)27(34)28-19-11-12-20-21(16-19)30-25(23-10-7-15-36-23)24(29-20)22-9-6-14-35-22/h6-7,9-12,14-16,18H,3-5,8,13,17H2,1-2H3,(H,28,34)/t18-/m1/s1. The number of piperidine rings is 1. The molecule has 0 aliphatic carbocycles. The molecule has 9 nitrogen and oxygen atoms in total. The van der Waals surface area contributed by atoms with Crippen LogP contribution in [0.5, 0.6) is 0 Å². The van der Waals surface area contributed by atoms with Crippen LogP contribution in [0.25, 0.3) is 33.9 Å². The predicted octanol–water partition coefficient (Wildman–Crippen LogP) is 5.26. The molecular weight excluding hydrogens is 458 g/mol. The minimum atomic E-state index is -0.224. The summed E-state index contributed by atoms with van der Waals surface area (Å²) in [6.45, 7) is 6.36. The van der Waals surface area contributed by atoms with Gasteiger partial charge in [0.2, 0.25) is 5.91 Å². The van der Waals surface area contributed by atoms with Gasteiger partial charge in [0.15, 0.2) is 11.5 Å². The quantitative estimate of drug-likeness (QED) is 0.398. The molecule has 1 aromatic carbocycles. The molecule has 1 aliphatic heterocycles. The van der Waals surface area contributed by atoms with E-state index in [-0.39, 0.29) is 17.9 Å². The number of urea groups is 1. The van der Waals surface area contributed by atoms with Gasteiger partial charge in [-0.25, -0.2) is 14.8 Å². The number of amides is 3. The predicted molar refractivity (Wildman–Crippen MR) is 136 cm³/mol. The minimum absolute atomic E-state index is 0.122. The zero-order chi connectivity index (χ0) is 25.1. The van der Waals surface area contributed by atoms with Crippen molar-refractivity contribution in [3.8, 4) is 22.9 Å². The summed E-state index contributed by atoms with van der Waals surface area (Å²) in [6.07, 6.45) is 4.78. The second-order valence-corrected chi connectivity index (χ2v) is 8.80. The first-order valence-electron chi connectivity index (χ1n) is 12.3. The van der Waals surface area contributed by atoms with Crippen LogP contribution in [0.1, 0.15) is 26.7 Å². The van der Waals surface area contributed by atoms with E-state index in [1.54, 1.807) is 41.7 Å². The summed E-state index contributed by atoms with van der Waals surface area (Å²) in [7, 11) is 0. The fourth-order valence-electron chi connectivity index (χ4n) is 4.66. The molecule has 3 aromatic heterocycles. The van der Waals surface area contributed by atoms with Gasteiger partial charge < -0.3 is 24.0 Å². The molecule has 1 fully saturated rings. The molecule has 4 heterocycles. The van der Waals surface area contributed by atoms with Crippen molar-refractivity contribution in [1.29, 1.82) is 0 Å². The van der Waals surface area contributed by atoms with Gasteiger partial charge in [0.1, 0.15) is 11.4 Å². The maximum atomic E-state index is 13.1. The fraction of sp³-hybridized carbons (Fsp3) is 0.333. The van der Waals surface area contributed by atoms with Crippen LogP contribution in [0, 0.1) is 5.92 Å². The Labute approximate surface area is 209 Å². The molecule has 4 aromatic rings. The SMILES string of the molecule is CCN(CC)C(=O)[C@@H]1CCCN(C(=O)Nc2ccc3nc(-c4ccco4)c(-c4ccco4)nc3c2)C1. The molecule has 36 heavy (non-hydrogen) atoms. The van der Waals surface area contributed by atoms with Crippen molar-refractivity contribution in [3.63, 3.8) is 0 Å². The van der Waals surface area contributed by atoms with Gasteiger partial charge in [0, 0.05) is 31.9 Å². The molecule has 1 atom stereocenters. The van der Waals surface area contributed by atoms with Crippen LogP contribution in [0.4, 0.5) is 10.5 Å². The largest absolute Gasteiger partial charge is 0.463 e. The Balaban J connectivity index is 1.38. The van der Waals surface area contributed by atoms with Crippen LogP contribution in [-0.2, 0) is 4.79 Å². The fourth-order valence-corrected chi connectivity index (χ4v) is 4.66. The van der Waals surface area contributed by atoms with Crippen molar-refractivity contribution < 1.29 is 18.4 Å². The van der Waals surface area contributed by atoms with Crippen molar-refractivity contribution in [2.45, 2.75) is 26.7 Å². The normalized spacial score (nSPS) is 15.7. The first-order valence-corrected chi connectivity index (χ1v) is 12.3. The number of rotatable bonds is 6. The zero-order valence-electron chi connectivity index (χ0n) is 20.4. The van der Waals surface area contributed by atoms with E-state index in [9.17, 15) is 9.59 Å². The van der Waals surface area contributed by atoms with Crippen LogP contribution >= 0.6 is 0 Å². The van der Waals surface area contributed by atoms with Gasteiger partial charge in [-0.3, -0.25) is 4.79 Å². The molecule has 1 aliphatic rings. The van der Waals surface area contributed by atoms with E-state index < -0.39 is 0 Å². The third-order valence-electron chi connectivity index (χ3n) is 6.56. The number of carbonyl (C=O) groups is 2. The van der Waals surface area contributed by atoms with E-state index in [4.69, 9.17) is 18.8 Å². The molecule has 186 valence electrons. The number of anilines is 1. The lowest BCUT2D eigenvalue weighted by Crippen LogP contribution is -2.47. The summed E-state index contributed by atoms with van der Waals surface area (Å²) in [6, 6.07) is 12.4. The van der Waals surface area contributed by atoms with Gasteiger partial charge in [-0.2, -0.15) is 0 Å². The van der Waals surface area contributed by atoms with E-state index >= 15 is 0 Å². The summed E-state index contributed by atoms with van der Waals surface area (Å²) < 4.78 is 11.2. The lowest BCUT2D eigenvalue weighted by atomic mass is 9.96. The van der Waals surface area contributed by atoms with Crippen LogP contribution in [0.2, 0.25) is 0 Å². The summed E-state index contributed by atoms with van der Waals surface area (Å²) in [5.41, 5.74) is 3.02. The molecule has 0 radical (unpaired) electrons. The van der Waals surface area contributed by atoms with Gasteiger partial charge in [-0.1, -0.05) is 0 Å². The number of likely N-dealkylation sites (tertiary alicyclic amines) is 1. The van der Waals surface area contributed by atoms with Crippen molar-refractivity contribution in [2.24, 2.45) is 5.92 Å². The Morgan fingerprint density at radius 2 is 1.67 bits per heavy atom. The summed E-state index contributed by atoms with van der Waals surface area (Å²) in [5.74, 6) is 1.12. The number of aromatic nitrogens is 2. The van der Waals surface area contributed by atoms with Crippen LogP contribution < -0.4 is 5.32 Å². The van der Waals surface area contributed by atoms with E-state index in [2.05, 4.69) is 5.32 Å². The number of hydrogen-bond acceptors (Lipinski definition) is 6. The van der Waals surface area contributed by atoms with Crippen LogP contribution in [0.15, 0.2) is 63.8 Å².